The van der Waals surface area contributed by atoms with Gasteiger partial charge in [-0.25, -0.2) is 9.97 Å². The van der Waals surface area contributed by atoms with E-state index in [4.69, 9.17) is 0 Å². The van der Waals surface area contributed by atoms with Gasteiger partial charge in [-0.3, -0.25) is 0 Å². The molecule has 32 heavy (non-hydrogen) atoms. The number of carbonyl (C=O) groups excluding carboxylic acids is 1. The lowest BCUT2D eigenvalue weighted by Crippen LogP contribution is -2.35. The molecule has 2 heterocycles. The molecule has 170 valence electrons. The number of halogens is 3. The largest absolute Gasteiger partial charge is 0.405 e. The quantitative estimate of drug-likeness (QED) is 0.409. The highest BCUT2D eigenvalue weighted by Crippen LogP contribution is 2.38. The van der Waals surface area contributed by atoms with E-state index in [0.717, 1.165) is 10.2 Å². The summed E-state index contributed by atoms with van der Waals surface area (Å²) in [6.07, 6.45) is -6.25. The second-order valence-electron chi connectivity index (χ2n) is 7.58. The highest BCUT2D eigenvalue weighted by molar-refractivity contribution is 7.21. The second kappa shape index (κ2) is 8.60. The standard InChI is InChI=1S/C20H20F3N5O3S/c1-9-14(18-27-11-4-2-3-5-13(11)32-18)17(28-19(25-9)24-8-20(21,22)23)26-12-6-10(7-29)15(30)16(12)31/h2-5,7,10,12,15-16,30-31H,6,8H2,1H3,(H2,24,25,26,28)/t10-,12-,15-,16+/m1/s1. The summed E-state index contributed by atoms with van der Waals surface area (Å²) in [5.41, 5.74) is 1.60. The first kappa shape index (κ1) is 22.4. The summed E-state index contributed by atoms with van der Waals surface area (Å²) in [7, 11) is 0. The fourth-order valence-electron chi connectivity index (χ4n) is 3.69. The first-order chi connectivity index (χ1) is 15.2. The Morgan fingerprint density at radius 3 is 2.59 bits per heavy atom. The maximum absolute atomic E-state index is 12.7. The number of aryl methyl sites for hydroxylation is 1. The zero-order valence-corrected chi connectivity index (χ0v) is 17.6. The molecule has 1 aliphatic carbocycles. The van der Waals surface area contributed by atoms with Crippen molar-refractivity contribution in [1.82, 2.24) is 15.0 Å². The number of thiazole rings is 1. The van der Waals surface area contributed by atoms with Crippen molar-refractivity contribution in [3.05, 3.63) is 30.0 Å². The highest BCUT2D eigenvalue weighted by Gasteiger charge is 2.42. The third kappa shape index (κ3) is 4.52. The van der Waals surface area contributed by atoms with Crippen LogP contribution in [0.5, 0.6) is 0 Å². The van der Waals surface area contributed by atoms with Gasteiger partial charge in [0.05, 0.1) is 33.6 Å². The van der Waals surface area contributed by atoms with E-state index < -0.39 is 36.9 Å². The Balaban J connectivity index is 1.75. The van der Waals surface area contributed by atoms with E-state index in [9.17, 15) is 28.2 Å². The van der Waals surface area contributed by atoms with Gasteiger partial charge < -0.3 is 25.6 Å². The van der Waals surface area contributed by atoms with Crippen LogP contribution >= 0.6 is 11.3 Å². The Bertz CT molecular complexity index is 1110. The van der Waals surface area contributed by atoms with Crippen LogP contribution in [0.25, 0.3) is 20.8 Å². The minimum Gasteiger partial charge on any atom is -0.390 e. The Kier molecular flexibility index (Phi) is 6.01. The Hall–Kier alpha value is -2.83. The SMILES string of the molecule is Cc1nc(NCC(F)(F)F)nc(N[C@@H]2C[C@H](C=O)[C@@H](O)[C@H]2O)c1-c1nc2ccccc2s1. The minimum atomic E-state index is -4.46. The maximum Gasteiger partial charge on any atom is 0.405 e. The number of alkyl halides is 3. The molecule has 1 saturated carbocycles. The van der Waals surface area contributed by atoms with Crippen LogP contribution in [0.15, 0.2) is 24.3 Å². The lowest BCUT2D eigenvalue weighted by Gasteiger charge is -2.21. The molecular formula is C20H20F3N5O3S. The molecule has 0 saturated heterocycles. The first-order valence-electron chi connectivity index (χ1n) is 9.79. The third-order valence-corrected chi connectivity index (χ3v) is 6.32. The molecule has 1 aliphatic rings. The number of aromatic nitrogens is 3. The second-order valence-corrected chi connectivity index (χ2v) is 8.61. The summed E-state index contributed by atoms with van der Waals surface area (Å²) in [5.74, 6) is -0.852. The number of carbonyl (C=O) groups is 1. The van der Waals surface area contributed by atoms with Crippen LogP contribution in [0.1, 0.15) is 12.1 Å². The van der Waals surface area contributed by atoms with Gasteiger partial charge in [-0.05, 0) is 25.5 Å². The normalized spacial score (nSPS) is 23.4. The fraction of sp³-hybridized carbons (Fsp3) is 0.400. The van der Waals surface area contributed by atoms with Gasteiger partial charge >= 0.3 is 6.18 Å². The van der Waals surface area contributed by atoms with E-state index in [-0.39, 0.29) is 18.2 Å². The predicted octanol–water partition coefficient (Wildman–Crippen LogP) is 2.76. The number of aliphatic hydroxyl groups is 2. The number of hydrogen-bond acceptors (Lipinski definition) is 9. The number of hydrogen-bond donors (Lipinski definition) is 4. The Morgan fingerprint density at radius 1 is 1.19 bits per heavy atom. The monoisotopic (exact) mass is 467 g/mol. The van der Waals surface area contributed by atoms with Crippen LogP contribution in [-0.4, -0.2) is 62.4 Å². The molecule has 0 spiro atoms. The molecule has 2 aromatic heterocycles. The van der Waals surface area contributed by atoms with Crippen molar-refractivity contribution in [3.8, 4) is 10.6 Å². The number of nitrogens with one attached hydrogen (secondary N) is 2. The Morgan fingerprint density at radius 2 is 1.94 bits per heavy atom. The molecular weight excluding hydrogens is 447 g/mol. The van der Waals surface area contributed by atoms with E-state index in [1.165, 1.54) is 11.3 Å². The smallest absolute Gasteiger partial charge is 0.390 e. The lowest BCUT2D eigenvalue weighted by atomic mass is 10.1. The fourth-order valence-corrected chi connectivity index (χ4v) is 4.75. The third-order valence-electron chi connectivity index (χ3n) is 5.27. The summed E-state index contributed by atoms with van der Waals surface area (Å²) in [6, 6.07) is 6.70. The molecule has 0 unspecified atom stereocenters. The summed E-state index contributed by atoms with van der Waals surface area (Å²) < 4.78 is 38.9. The molecule has 8 nitrogen and oxygen atoms in total. The maximum atomic E-state index is 12.7. The van der Waals surface area contributed by atoms with E-state index >= 15 is 0 Å². The van der Waals surface area contributed by atoms with Crippen molar-refractivity contribution < 1.29 is 28.2 Å². The topological polar surface area (TPSA) is 120 Å². The number of fused-ring (bicyclic) bond motifs is 1. The average Bonchev–Trinajstić information content (AvgIpc) is 3.27. The molecule has 3 aromatic rings. The van der Waals surface area contributed by atoms with Gasteiger partial charge in [0.2, 0.25) is 5.95 Å². The number of benzene rings is 1. The summed E-state index contributed by atoms with van der Waals surface area (Å²) in [4.78, 5) is 24.1. The van der Waals surface area contributed by atoms with Crippen molar-refractivity contribution in [3.63, 3.8) is 0 Å². The van der Waals surface area contributed by atoms with Gasteiger partial charge in [0.1, 0.15) is 29.8 Å². The molecule has 0 aliphatic heterocycles. The molecule has 4 atom stereocenters. The number of nitrogens with zero attached hydrogens (tertiary/aromatic N) is 3. The molecule has 0 bridgehead atoms. The molecule has 1 fully saturated rings. The number of aldehydes is 1. The zero-order chi connectivity index (χ0) is 23.0. The van der Waals surface area contributed by atoms with Gasteiger partial charge in [-0.2, -0.15) is 18.2 Å². The van der Waals surface area contributed by atoms with E-state index in [0.29, 0.717) is 22.6 Å². The summed E-state index contributed by atoms with van der Waals surface area (Å²) in [6.45, 7) is 0.311. The number of rotatable bonds is 6. The van der Waals surface area contributed by atoms with Gasteiger partial charge in [-0.1, -0.05) is 12.1 Å². The first-order valence-corrected chi connectivity index (χ1v) is 10.6. The molecule has 0 radical (unpaired) electrons. The van der Waals surface area contributed by atoms with Crippen LogP contribution in [0, 0.1) is 12.8 Å². The van der Waals surface area contributed by atoms with Gasteiger partial charge in [0.15, 0.2) is 0 Å². The number of anilines is 2. The van der Waals surface area contributed by atoms with Crippen molar-refractivity contribution in [2.75, 3.05) is 17.2 Å². The van der Waals surface area contributed by atoms with Crippen molar-refractivity contribution in [2.45, 2.75) is 37.8 Å². The van der Waals surface area contributed by atoms with Crippen molar-refractivity contribution in [2.24, 2.45) is 5.92 Å². The van der Waals surface area contributed by atoms with Gasteiger partial charge in [0.25, 0.3) is 0 Å². The number of para-hydroxylation sites is 1. The summed E-state index contributed by atoms with van der Waals surface area (Å²) in [5, 5.41) is 26.1. The zero-order valence-electron chi connectivity index (χ0n) is 16.8. The molecule has 0 amide bonds. The van der Waals surface area contributed by atoms with Crippen LogP contribution < -0.4 is 10.6 Å². The number of aliphatic hydroxyl groups excluding tert-OH is 2. The van der Waals surface area contributed by atoms with Crippen molar-refractivity contribution >= 4 is 39.6 Å². The summed E-state index contributed by atoms with van der Waals surface area (Å²) >= 11 is 1.37. The van der Waals surface area contributed by atoms with Crippen molar-refractivity contribution in [1.29, 1.82) is 0 Å². The molecule has 4 N–H and O–H groups in total. The predicted molar refractivity (Wildman–Crippen MR) is 114 cm³/mol. The molecule has 1 aromatic carbocycles. The van der Waals surface area contributed by atoms with Gasteiger partial charge in [0, 0.05) is 5.92 Å². The van der Waals surface area contributed by atoms with E-state index in [1.807, 2.05) is 24.3 Å². The minimum absolute atomic E-state index is 0.138. The lowest BCUT2D eigenvalue weighted by molar-refractivity contribution is -0.115. The molecule has 4 rings (SSSR count). The van der Waals surface area contributed by atoms with E-state index in [1.54, 1.807) is 6.92 Å². The van der Waals surface area contributed by atoms with Crippen LogP contribution in [0.4, 0.5) is 24.9 Å². The van der Waals surface area contributed by atoms with E-state index in [2.05, 4.69) is 25.6 Å². The Labute approximate surface area is 184 Å². The van der Waals surface area contributed by atoms with Crippen LogP contribution in [0.3, 0.4) is 0 Å². The van der Waals surface area contributed by atoms with Crippen LogP contribution in [0.2, 0.25) is 0 Å². The van der Waals surface area contributed by atoms with Gasteiger partial charge in [-0.15, -0.1) is 11.3 Å². The average molecular weight is 467 g/mol. The van der Waals surface area contributed by atoms with Crippen LogP contribution in [-0.2, 0) is 4.79 Å². The molecule has 12 heteroatoms. The highest BCUT2D eigenvalue weighted by atomic mass is 32.1.